The molecule has 7 rings (SSSR count). The molecule has 5 aliphatic carbocycles. The zero-order valence-corrected chi connectivity index (χ0v) is 34.3. The first-order valence-corrected chi connectivity index (χ1v) is 21.7. The highest BCUT2D eigenvalue weighted by Gasteiger charge is 2.62. The van der Waals surface area contributed by atoms with E-state index in [-0.39, 0.29) is 23.5 Å². The summed E-state index contributed by atoms with van der Waals surface area (Å²) in [4.78, 5) is 23.9. The third-order valence-corrected chi connectivity index (χ3v) is 16.0. The molecule has 2 aliphatic heterocycles. The van der Waals surface area contributed by atoms with Gasteiger partial charge in [-0.1, -0.05) is 32.9 Å². The molecular formula is C43H68O14. The fourth-order valence-corrected chi connectivity index (χ4v) is 12.7. The molecule has 14 nitrogen and oxygen atoms in total. The van der Waals surface area contributed by atoms with Crippen molar-refractivity contribution in [1.82, 2.24) is 0 Å². The Morgan fingerprint density at radius 1 is 0.807 bits per heavy atom. The first kappa shape index (κ1) is 43.4. The average molecular weight is 809 g/mol. The van der Waals surface area contributed by atoms with E-state index in [9.17, 15) is 40.2 Å². The van der Waals surface area contributed by atoms with Crippen LogP contribution in [0.4, 0.5) is 0 Å². The van der Waals surface area contributed by atoms with E-state index < -0.39 is 86.6 Å². The predicted octanol–water partition coefficient (Wildman–Crippen LogP) is 2.62. The Kier molecular flexibility index (Phi) is 13.2. The van der Waals surface area contributed by atoms with E-state index in [1.54, 1.807) is 0 Å². The summed E-state index contributed by atoms with van der Waals surface area (Å²) in [5, 5.41) is 64.6. The lowest BCUT2D eigenvalue weighted by molar-refractivity contribution is -0.365. The molecule has 2 heterocycles. The molecule has 0 radical (unpaired) electrons. The molecule has 324 valence electrons. The zero-order chi connectivity index (χ0) is 41.0. The number of carbonyl (C=O) groups is 2. The maximum Gasteiger partial charge on any atom is 0.303 e. The van der Waals surface area contributed by atoms with E-state index in [1.807, 2.05) is 0 Å². The molecule has 6 N–H and O–H groups in total. The fourth-order valence-electron chi connectivity index (χ4n) is 12.7. The average Bonchev–Trinajstić information content (AvgIpc) is 3.75. The molecule has 21 atom stereocenters. The fraction of sp³-hybridized carbons (Fsp3) is 0.907. The molecule has 0 spiro atoms. The quantitative estimate of drug-likeness (QED) is 0.0952. The van der Waals surface area contributed by atoms with E-state index >= 15 is 0 Å². The molecule has 57 heavy (non-hydrogen) atoms. The van der Waals surface area contributed by atoms with Gasteiger partial charge in [-0.2, -0.15) is 0 Å². The third-order valence-electron chi connectivity index (χ3n) is 16.0. The van der Waals surface area contributed by atoms with Crippen molar-refractivity contribution in [2.45, 2.75) is 166 Å². The first-order chi connectivity index (χ1) is 27.1. The van der Waals surface area contributed by atoms with Crippen molar-refractivity contribution in [3.63, 3.8) is 0 Å². The van der Waals surface area contributed by atoms with Crippen LogP contribution >= 0.6 is 0 Å². The van der Waals surface area contributed by atoms with Gasteiger partial charge in [0, 0.05) is 20.5 Å². The van der Waals surface area contributed by atoms with Crippen LogP contribution in [-0.2, 0) is 38.0 Å². The number of esters is 2. The number of carbonyl (C=O) groups excluding carboxylic acids is 2. The number of rotatable bonds is 12. The largest absolute Gasteiger partial charge is 0.463 e. The van der Waals surface area contributed by atoms with Gasteiger partial charge in [-0.25, -0.2) is 0 Å². The number of fused-ring (bicyclic) bond motifs is 5. The van der Waals surface area contributed by atoms with Gasteiger partial charge >= 0.3 is 11.9 Å². The van der Waals surface area contributed by atoms with Gasteiger partial charge in [-0.3, -0.25) is 9.59 Å². The van der Waals surface area contributed by atoms with Gasteiger partial charge in [0.1, 0.15) is 49.3 Å². The summed E-state index contributed by atoms with van der Waals surface area (Å²) in [7, 11) is 0. The van der Waals surface area contributed by atoms with Gasteiger partial charge in [-0.05, 0) is 122 Å². The molecule has 0 aromatic carbocycles. The van der Waals surface area contributed by atoms with Gasteiger partial charge in [-0.15, -0.1) is 0 Å². The molecule has 0 bridgehead atoms. The summed E-state index contributed by atoms with van der Waals surface area (Å²) < 4.78 is 35.1. The van der Waals surface area contributed by atoms with Crippen LogP contribution in [0.25, 0.3) is 0 Å². The lowest BCUT2D eigenvalue weighted by Gasteiger charge is -2.61. The standard InChI is InChI=1S/C43H68O14/c1-21(6-7-25-16-22(25)2)29-10-11-31-28-9-8-26-17-27(12-14-42(26,5)30(28)13-15-43(29,31)20-45)54-41-39(53-24(4)47)38(35(49)32(18-44)55-41)57-40-37(51)36(50)34(48)33(56-40)19-52-23(3)46/h6-7,21-22,25-41,44-45,48-51H,8-20H2,1-5H3. The second kappa shape index (κ2) is 17.3. The molecule has 0 amide bonds. The second-order valence-electron chi connectivity index (χ2n) is 19.1. The van der Waals surface area contributed by atoms with Crippen LogP contribution in [0.15, 0.2) is 12.2 Å². The van der Waals surface area contributed by atoms with Crippen LogP contribution in [-0.4, -0.2) is 130 Å². The maximum atomic E-state index is 12.5. The number of hydrogen-bond acceptors (Lipinski definition) is 14. The van der Waals surface area contributed by atoms with Crippen molar-refractivity contribution in [1.29, 1.82) is 0 Å². The van der Waals surface area contributed by atoms with E-state index in [1.165, 1.54) is 33.1 Å². The smallest absolute Gasteiger partial charge is 0.303 e. The van der Waals surface area contributed by atoms with E-state index in [2.05, 4.69) is 32.9 Å². The van der Waals surface area contributed by atoms with Crippen LogP contribution in [0.2, 0.25) is 0 Å². The Hall–Kier alpha value is -1.72. The number of allylic oxidation sites excluding steroid dienone is 2. The Morgan fingerprint density at radius 2 is 1.54 bits per heavy atom. The summed E-state index contributed by atoms with van der Waals surface area (Å²) in [6, 6.07) is 0. The van der Waals surface area contributed by atoms with Crippen molar-refractivity contribution >= 4 is 11.9 Å². The number of ether oxygens (including phenoxy) is 6. The molecule has 0 aromatic heterocycles. The molecule has 0 aromatic rings. The highest BCUT2D eigenvalue weighted by Crippen LogP contribution is 2.68. The van der Waals surface area contributed by atoms with Crippen molar-refractivity contribution in [2.75, 3.05) is 19.8 Å². The summed E-state index contributed by atoms with van der Waals surface area (Å²) in [6.07, 6.45) is 0.0541. The van der Waals surface area contributed by atoms with Crippen molar-refractivity contribution in [3.05, 3.63) is 12.2 Å². The van der Waals surface area contributed by atoms with Gasteiger partial charge in [0.25, 0.3) is 0 Å². The minimum atomic E-state index is -1.80. The predicted molar refractivity (Wildman–Crippen MR) is 203 cm³/mol. The second-order valence-corrected chi connectivity index (χ2v) is 19.1. The van der Waals surface area contributed by atoms with Crippen LogP contribution in [0.1, 0.15) is 98.8 Å². The van der Waals surface area contributed by atoms with Gasteiger partial charge < -0.3 is 59.1 Å². The SMILES string of the molecule is CC(=O)OCC1OC(OC2C(O)C(CO)OC(OC3CCC4(C)C(CCC5C4CCC4(CO)C(C(C)C=CC6CC6C)CCC54)C3)C2OC(C)=O)C(O)C(O)C1O. The zero-order valence-electron chi connectivity index (χ0n) is 34.3. The highest BCUT2D eigenvalue weighted by atomic mass is 16.8. The Labute approximate surface area is 336 Å². The molecule has 5 saturated carbocycles. The summed E-state index contributed by atoms with van der Waals surface area (Å²) in [5.74, 6) is 3.18. The van der Waals surface area contributed by atoms with Crippen molar-refractivity contribution < 1.29 is 68.6 Å². The lowest BCUT2D eigenvalue weighted by Crippen LogP contribution is -2.65. The summed E-state index contributed by atoms with van der Waals surface area (Å²) >= 11 is 0. The number of hydrogen-bond donors (Lipinski definition) is 6. The van der Waals surface area contributed by atoms with E-state index in [0.717, 1.165) is 56.8 Å². The van der Waals surface area contributed by atoms with Gasteiger partial charge in [0.05, 0.1) is 12.7 Å². The first-order valence-electron chi connectivity index (χ1n) is 21.7. The van der Waals surface area contributed by atoms with E-state index in [4.69, 9.17) is 28.4 Å². The topological polar surface area (TPSA) is 211 Å². The Balaban J connectivity index is 1.03. The minimum Gasteiger partial charge on any atom is -0.463 e. The van der Waals surface area contributed by atoms with Crippen molar-refractivity contribution in [3.8, 4) is 0 Å². The molecule has 7 fully saturated rings. The molecule has 2 saturated heterocycles. The normalized spacial score (nSPS) is 50.0. The van der Waals surface area contributed by atoms with Crippen LogP contribution in [0.5, 0.6) is 0 Å². The molecular weight excluding hydrogens is 740 g/mol. The number of aliphatic hydroxyl groups excluding tert-OH is 6. The Morgan fingerprint density at radius 3 is 2.21 bits per heavy atom. The molecule has 21 unspecified atom stereocenters. The monoisotopic (exact) mass is 808 g/mol. The van der Waals surface area contributed by atoms with E-state index in [0.29, 0.717) is 35.5 Å². The van der Waals surface area contributed by atoms with Crippen LogP contribution in [0, 0.1) is 58.2 Å². The summed E-state index contributed by atoms with van der Waals surface area (Å²) in [5.41, 5.74) is 0.0940. The number of aliphatic hydroxyl groups is 6. The Bertz CT molecular complexity index is 1440. The molecule has 7 aliphatic rings. The minimum absolute atomic E-state index is 0.0140. The molecule has 14 heteroatoms. The highest BCUT2D eigenvalue weighted by molar-refractivity contribution is 5.66. The van der Waals surface area contributed by atoms with Gasteiger partial charge in [0.2, 0.25) is 0 Å². The third kappa shape index (κ3) is 8.35. The summed E-state index contributed by atoms with van der Waals surface area (Å²) in [6.45, 7) is 8.70. The lowest BCUT2D eigenvalue weighted by atomic mass is 9.44. The maximum absolute atomic E-state index is 12.5. The van der Waals surface area contributed by atoms with Gasteiger partial charge in [0.15, 0.2) is 18.7 Å². The van der Waals surface area contributed by atoms with Crippen LogP contribution in [0.3, 0.4) is 0 Å². The van der Waals surface area contributed by atoms with Crippen LogP contribution < -0.4 is 0 Å². The van der Waals surface area contributed by atoms with Crippen molar-refractivity contribution in [2.24, 2.45) is 58.2 Å².